The minimum Gasteiger partial charge on any atom is -0.465 e. The summed E-state index contributed by atoms with van der Waals surface area (Å²) in [7, 11) is 5.23. The van der Waals surface area contributed by atoms with E-state index in [0.717, 1.165) is 5.56 Å². The molecule has 2 unspecified atom stereocenters. The van der Waals surface area contributed by atoms with Crippen LogP contribution in [-0.2, 0) is 10.3 Å². The normalized spacial score (nSPS) is 21.1. The first-order valence-electron chi connectivity index (χ1n) is 9.49. The monoisotopic (exact) mass is 453 g/mol. The number of carbonyl (C=O) groups excluding carboxylic acids is 2. The van der Waals surface area contributed by atoms with Crippen LogP contribution in [-0.4, -0.2) is 67.7 Å². The molecular formula is C21H28ClN3O4S. The molecule has 3 rings (SSSR count). The lowest BCUT2D eigenvalue weighted by Crippen LogP contribution is -2.55. The maximum atomic E-state index is 12.9. The predicted octanol–water partition coefficient (Wildman–Crippen LogP) is 3.26. The molecule has 2 N–H and O–H groups in total. The van der Waals surface area contributed by atoms with Gasteiger partial charge in [-0.05, 0) is 37.5 Å². The summed E-state index contributed by atoms with van der Waals surface area (Å²) in [6, 6.07) is 11.0. The van der Waals surface area contributed by atoms with Crippen molar-refractivity contribution in [3.63, 3.8) is 0 Å². The molecule has 0 bridgehead atoms. The van der Waals surface area contributed by atoms with Crippen molar-refractivity contribution in [3.05, 3.63) is 52.2 Å². The highest BCUT2D eigenvalue weighted by atomic mass is 35.5. The van der Waals surface area contributed by atoms with Gasteiger partial charge in [-0.3, -0.25) is 0 Å². The van der Waals surface area contributed by atoms with E-state index in [1.54, 1.807) is 16.3 Å². The van der Waals surface area contributed by atoms with E-state index in [2.05, 4.69) is 5.32 Å². The molecular weight excluding hydrogens is 426 g/mol. The second kappa shape index (κ2) is 10.3. The van der Waals surface area contributed by atoms with E-state index < -0.39 is 11.6 Å². The van der Waals surface area contributed by atoms with Crippen LogP contribution < -0.4 is 5.32 Å². The number of anilines is 1. The van der Waals surface area contributed by atoms with Crippen LogP contribution in [0.4, 0.5) is 10.5 Å². The standard InChI is InChI=1S/C21H27N3O4S.ClH/c1-23(2)13-16-14-24(11-10-21(16,27)15-7-5-4-6-8-15)20(26)22-17-9-12-29-18(17)19(25)28-3;/h4-9,12,16,27H,10-11,13-14H2,1-3H3,(H,22,26);1H. The fourth-order valence-electron chi connectivity index (χ4n) is 3.81. The van der Waals surface area contributed by atoms with Crippen molar-refractivity contribution in [2.75, 3.05) is 46.2 Å². The Balaban J connectivity index is 0.00000320. The molecule has 2 atom stereocenters. The second-order valence-electron chi connectivity index (χ2n) is 7.53. The summed E-state index contributed by atoms with van der Waals surface area (Å²) >= 11 is 1.22. The number of nitrogens with zero attached hydrogens (tertiary/aromatic N) is 2. The number of esters is 1. The summed E-state index contributed by atoms with van der Waals surface area (Å²) in [5.74, 6) is -0.625. The average Bonchev–Trinajstić information content (AvgIpc) is 3.17. The lowest BCUT2D eigenvalue weighted by Gasteiger charge is -2.45. The van der Waals surface area contributed by atoms with E-state index in [1.807, 2.05) is 49.3 Å². The number of amides is 2. The number of likely N-dealkylation sites (tertiary alicyclic amines) is 1. The molecule has 0 spiro atoms. The van der Waals surface area contributed by atoms with Crippen LogP contribution >= 0.6 is 23.7 Å². The SMILES string of the molecule is COC(=O)c1sccc1NC(=O)N1CCC(O)(c2ccccc2)C(CN(C)C)C1.Cl. The Kier molecular flexibility index (Phi) is 8.25. The highest BCUT2D eigenvalue weighted by Crippen LogP contribution is 2.38. The van der Waals surface area contributed by atoms with Crippen LogP contribution in [0.1, 0.15) is 21.7 Å². The molecule has 1 aromatic carbocycles. The molecule has 1 aliphatic rings. The van der Waals surface area contributed by atoms with Crippen molar-refractivity contribution in [3.8, 4) is 0 Å². The van der Waals surface area contributed by atoms with Gasteiger partial charge >= 0.3 is 12.0 Å². The fraction of sp³-hybridized carbons (Fsp3) is 0.429. The molecule has 2 heterocycles. The number of ether oxygens (including phenoxy) is 1. The zero-order chi connectivity index (χ0) is 21.0. The zero-order valence-corrected chi connectivity index (χ0v) is 19.0. The summed E-state index contributed by atoms with van der Waals surface area (Å²) in [6.07, 6.45) is 0.441. The Morgan fingerprint density at radius 2 is 2.00 bits per heavy atom. The van der Waals surface area contributed by atoms with E-state index in [1.165, 1.54) is 18.4 Å². The highest BCUT2D eigenvalue weighted by Gasteiger charge is 2.44. The molecule has 1 fully saturated rings. The summed E-state index contributed by atoms with van der Waals surface area (Å²) in [5.41, 5.74) is 0.319. The summed E-state index contributed by atoms with van der Waals surface area (Å²) in [4.78, 5) is 28.8. The molecule has 164 valence electrons. The van der Waals surface area contributed by atoms with Gasteiger partial charge in [0.15, 0.2) is 0 Å². The smallest absolute Gasteiger partial charge is 0.350 e. The van der Waals surface area contributed by atoms with Crippen LogP contribution in [0, 0.1) is 5.92 Å². The first kappa shape index (κ1) is 24.1. The van der Waals surface area contributed by atoms with Crippen molar-refractivity contribution in [1.29, 1.82) is 0 Å². The largest absolute Gasteiger partial charge is 0.465 e. The molecule has 2 amide bonds. The third-order valence-corrected chi connectivity index (χ3v) is 6.20. The van der Waals surface area contributed by atoms with E-state index in [4.69, 9.17) is 4.74 Å². The molecule has 0 aliphatic carbocycles. The predicted molar refractivity (Wildman–Crippen MR) is 120 cm³/mol. The maximum absolute atomic E-state index is 12.9. The minimum atomic E-state index is -0.998. The van der Waals surface area contributed by atoms with E-state index in [9.17, 15) is 14.7 Å². The first-order chi connectivity index (χ1) is 13.8. The van der Waals surface area contributed by atoms with Crippen molar-refractivity contribution in [2.24, 2.45) is 5.92 Å². The Morgan fingerprint density at radius 1 is 1.30 bits per heavy atom. The summed E-state index contributed by atoms with van der Waals surface area (Å²) in [5, 5.41) is 16.1. The quantitative estimate of drug-likeness (QED) is 0.679. The number of hydrogen-bond donors (Lipinski definition) is 2. The zero-order valence-electron chi connectivity index (χ0n) is 17.3. The second-order valence-corrected chi connectivity index (χ2v) is 8.45. The van der Waals surface area contributed by atoms with Gasteiger partial charge in [-0.25, -0.2) is 9.59 Å². The molecule has 1 aromatic heterocycles. The Morgan fingerprint density at radius 3 is 2.63 bits per heavy atom. The van der Waals surface area contributed by atoms with Crippen molar-refractivity contribution < 1.29 is 19.4 Å². The fourth-order valence-corrected chi connectivity index (χ4v) is 4.58. The van der Waals surface area contributed by atoms with Gasteiger partial charge in [0.25, 0.3) is 0 Å². The van der Waals surface area contributed by atoms with Gasteiger partial charge in [0.05, 0.1) is 18.4 Å². The average molecular weight is 454 g/mol. The summed E-state index contributed by atoms with van der Waals surface area (Å²) in [6.45, 7) is 1.47. The number of benzene rings is 1. The number of methoxy groups -OCH3 is 1. The third kappa shape index (κ3) is 5.13. The molecule has 1 aliphatic heterocycles. The molecule has 0 saturated carbocycles. The molecule has 0 radical (unpaired) electrons. The number of thiophene rings is 1. The van der Waals surface area contributed by atoms with Crippen LogP contribution in [0.15, 0.2) is 41.8 Å². The molecule has 2 aromatic rings. The van der Waals surface area contributed by atoms with Crippen LogP contribution in [0.2, 0.25) is 0 Å². The van der Waals surface area contributed by atoms with Gasteiger partial charge in [-0.2, -0.15) is 0 Å². The number of nitrogens with one attached hydrogen (secondary N) is 1. The van der Waals surface area contributed by atoms with Gasteiger partial charge in [0, 0.05) is 25.6 Å². The topological polar surface area (TPSA) is 82.1 Å². The van der Waals surface area contributed by atoms with Gasteiger partial charge < -0.3 is 25.0 Å². The number of halogens is 1. The van der Waals surface area contributed by atoms with Crippen molar-refractivity contribution in [2.45, 2.75) is 12.0 Å². The lowest BCUT2D eigenvalue weighted by atomic mass is 9.75. The minimum absolute atomic E-state index is 0. The summed E-state index contributed by atoms with van der Waals surface area (Å²) < 4.78 is 4.77. The molecule has 7 nitrogen and oxygen atoms in total. The number of urea groups is 1. The third-order valence-electron chi connectivity index (χ3n) is 5.30. The van der Waals surface area contributed by atoms with E-state index >= 15 is 0 Å². The number of rotatable bonds is 5. The maximum Gasteiger partial charge on any atom is 0.350 e. The van der Waals surface area contributed by atoms with Gasteiger partial charge in [-0.1, -0.05) is 30.3 Å². The van der Waals surface area contributed by atoms with Gasteiger partial charge in [0.2, 0.25) is 0 Å². The Bertz CT molecular complexity index is 861. The van der Waals surface area contributed by atoms with Crippen molar-refractivity contribution >= 4 is 41.4 Å². The van der Waals surface area contributed by atoms with E-state index in [-0.39, 0.29) is 24.4 Å². The Labute approximate surface area is 187 Å². The van der Waals surface area contributed by atoms with Gasteiger partial charge in [0.1, 0.15) is 4.88 Å². The van der Waals surface area contributed by atoms with Gasteiger partial charge in [-0.15, -0.1) is 23.7 Å². The van der Waals surface area contributed by atoms with E-state index in [0.29, 0.717) is 36.6 Å². The number of carbonyl (C=O) groups is 2. The van der Waals surface area contributed by atoms with Crippen molar-refractivity contribution in [1.82, 2.24) is 9.80 Å². The highest BCUT2D eigenvalue weighted by molar-refractivity contribution is 7.12. The van der Waals surface area contributed by atoms with Crippen LogP contribution in [0.25, 0.3) is 0 Å². The Hall–Kier alpha value is -2.13. The molecule has 9 heteroatoms. The molecule has 30 heavy (non-hydrogen) atoms. The van der Waals surface area contributed by atoms with Crippen LogP contribution in [0.3, 0.4) is 0 Å². The first-order valence-corrected chi connectivity index (χ1v) is 10.4. The lowest BCUT2D eigenvalue weighted by molar-refractivity contribution is -0.0749. The number of piperidine rings is 1. The number of aliphatic hydroxyl groups is 1. The molecule has 1 saturated heterocycles. The van der Waals surface area contributed by atoms with Crippen LogP contribution in [0.5, 0.6) is 0 Å². The number of hydrogen-bond acceptors (Lipinski definition) is 6.